The zero-order chi connectivity index (χ0) is 23.1. The summed E-state index contributed by atoms with van der Waals surface area (Å²) in [6.45, 7) is 7.56. The van der Waals surface area contributed by atoms with Crippen LogP contribution in [0.5, 0.6) is 11.5 Å². The van der Waals surface area contributed by atoms with Crippen LogP contribution in [0.4, 0.5) is 11.4 Å². The van der Waals surface area contributed by atoms with Crippen LogP contribution >= 0.6 is 0 Å². The fourth-order valence-corrected chi connectivity index (χ4v) is 5.28. The van der Waals surface area contributed by atoms with Gasteiger partial charge in [-0.2, -0.15) is 0 Å². The highest BCUT2D eigenvalue weighted by atomic mass is 32.2. The largest absolute Gasteiger partial charge is 0.493 e. The van der Waals surface area contributed by atoms with Gasteiger partial charge in [0.2, 0.25) is 0 Å². The molecule has 7 nitrogen and oxygen atoms in total. The van der Waals surface area contributed by atoms with E-state index in [4.69, 9.17) is 9.47 Å². The molecule has 1 aliphatic rings. The normalized spacial score (nSPS) is 15.0. The molecule has 0 atom stereocenters. The summed E-state index contributed by atoms with van der Waals surface area (Å²) in [6, 6.07) is 9.03. The van der Waals surface area contributed by atoms with Crippen molar-refractivity contribution in [3.63, 3.8) is 0 Å². The zero-order valence-corrected chi connectivity index (χ0v) is 19.7. The number of hydrogen-bond donors (Lipinski definition) is 1. The Morgan fingerprint density at radius 2 is 1.68 bits per heavy atom. The van der Waals surface area contributed by atoms with Crippen LogP contribution in [0.3, 0.4) is 0 Å². The van der Waals surface area contributed by atoms with Crippen LogP contribution in [0.2, 0.25) is 0 Å². The van der Waals surface area contributed by atoms with Gasteiger partial charge in [0.15, 0.2) is 16.4 Å². The lowest BCUT2D eigenvalue weighted by atomic mass is 9.98. The van der Waals surface area contributed by atoms with E-state index < -0.39 is 15.9 Å². The third kappa shape index (κ3) is 3.76. The summed E-state index contributed by atoms with van der Waals surface area (Å²) < 4.78 is 38.4. The van der Waals surface area contributed by atoms with Crippen molar-refractivity contribution in [3.05, 3.63) is 51.9 Å². The van der Waals surface area contributed by atoms with E-state index in [-0.39, 0.29) is 10.8 Å². The Morgan fingerprint density at radius 1 is 1.06 bits per heavy atom. The summed E-state index contributed by atoms with van der Waals surface area (Å²) in [4.78, 5) is 13.0. The van der Waals surface area contributed by atoms with Crippen LogP contribution in [0.15, 0.2) is 35.2 Å². The van der Waals surface area contributed by atoms with E-state index in [1.165, 1.54) is 21.3 Å². The van der Waals surface area contributed by atoms with Crippen molar-refractivity contribution >= 4 is 32.9 Å². The number of benzene rings is 2. The van der Waals surface area contributed by atoms with Crippen LogP contribution in [0.25, 0.3) is 5.57 Å². The molecule has 0 bridgehead atoms. The standard InChI is InChI=1S/C23H28N2O5S/c1-13(2)16-10-8-9-14(3)21(16)24-23(26)22-15(4)17-11-19(29-6)20(30-7)12-18(17)25(5)31(22,27)28/h8-13H,1-7H3,(H,24,26). The predicted octanol–water partition coefficient (Wildman–Crippen LogP) is 4.28. The number of amides is 1. The molecule has 2 aromatic rings. The molecule has 0 aromatic heterocycles. The molecule has 1 aliphatic heterocycles. The summed E-state index contributed by atoms with van der Waals surface area (Å²) in [7, 11) is 0.343. The first-order chi connectivity index (χ1) is 14.5. The van der Waals surface area contributed by atoms with E-state index in [0.717, 1.165) is 15.4 Å². The number of aryl methyl sites for hydroxylation is 1. The second-order valence-electron chi connectivity index (χ2n) is 7.80. The molecule has 3 rings (SSSR count). The molecule has 0 aliphatic carbocycles. The average molecular weight is 445 g/mol. The first kappa shape index (κ1) is 22.7. The number of nitrogens with one attached hydrogen (secondary N) is 1. The summed E-state index contributed by atoms with van der Waals surface area (Å²) in [5.41, 5.74) is 3.82. The Morgan fingerprint density at radius 3 is 2.26 bits per heavy atom. The van der Waals surface area contributed by atoms with Crippen molar-refractivity contribution in [3.8, 4) is 11.5 Å². The summed E-state index contributed by atoms with van der Waals surface area (Å²) in [5, 5.41) is 2.86. The number of sulfonamides is 1. The molecule has 0 saturated carbocycles. The van der Waals surface area contributed by atoms with Crippen LogP contribution in [-0.2, 0) is 14.8 Å². The van der Waals surface area contributed by atoms with Gasteiger partial charge in [-0.25, -0.2) is 8.42 Å². The lowest BCUT2D eigenvalue weighted by molar-refractivity contribution is -0.112. The van der Waals surface area contributed by atoms with E-state index >= 15 is 0 Å². The minimum atomic E-state index is -4.07. The van der Waals surface area contributed by atoms with Gasteiger partial charge in [-0.1, -0.05) is 32.0 Å². The Balaban J connectivity index is 2.18. The molecule has 0 unspecified atom stereocenters. The number of rotatable bonds is 5. The first-order valence-corrected chi connectivity index (χ1v) is 11.4. The summed E-state index contributed by atoms with van der Waals surface area (Å²) >= 11 is 0. The fourth-order valence-electron chi connectivity index (χ4n) is 3.81. The van der Waals surface area contributed by atoms with Gasteiger partial charge in [-0.3, -0.25) is 9.10 Å². The van der Waals surface area contributed by atoms with E-state index in [9.17, 15) is 13.2 Å². The number of ether oxygens (including phenoxy) is 2. The highest BCUT2D eigenvalue weighted by Gasteiger charge is 2.38. The maximum atomic E-state index is 13.3. The number of methoxy groups -OCH3 is 2. The first-order valence-electron chi connectivity index (χ1n) is 9.91. The molecule has 8 heteroatoms. The van der Waals surface area contributed by atoms with Crippen molar-refractivity contribution in [2.24, 2.45) is 0 Å². The maximum absolute atomic E-state index is 13.3. The quantitative estimate of drug-likeness (QED) is 0.744. The number of carbonyl (C=O) groups is 1. The molecule has 1 heterocycles. The van der Waals surface area contributed by atoms with E-state index in [2.05, 4.69) is 5.32 Å². The molecule has 2 aromatic carbocycles. The Kier molecular flexibility index (Phi) is 6.04. The number of fused-ring (bicyclic) bond motifs is 1. The molecule has 1 N–H and O–H groups in total. The lowest BCUT2D eigenvalue weighted by Crippen LogP contribution is -2.37. The monoisotopic (exact) mass is 444 g/mol. The number of nitrogens with zero attached hydrogens (tertiary/aromatic N) is 1. The van der Waals surface area contributed by atoms with Gasteiger partial charge >= 0.3 is 0 Å². The summed E-state index contributed by atoms with van der Waals surface area (Å²) in [6.07, 6.45) is 0. The average Bonchev–Trinajstić information content (AvgIpc) is 2.72. The van der Waals surface area contributed by atoms with Gasteiger partial charge in [0.05, 0.1) is 19.9 Å². The molecule has 0 saturated heterocycles. The fraction of sp³-hybridized carbons (Fsp3) is 0.348. The second kappa shape index (κ2) is 8.26. The number of para-hydroxylation sites is 1. The third-order valence-electron chi connectivity index (χ3n) is 5.58. The van der Waals surface area contributed by atoms with Crippen LogP contribution in [0, 0.1) is 6.92 Å². The van der Waals surface area contributed by atoms with Gasteiger partial charge in [0.25, 0.3) is 15.9 Å². The Hall–Kier alpha value is -3.00. The van der Waals surface area contributed by atoms with E-state index in [1.807, 2.05) is 39.0 Å². The van der Waals surface area contributed by atoms with Gasteiger partial charge in [0.1, 0.15) is 0 Å². The smallest absolute Gasteiger partial charge is 0.269 e. The number of hydrogen-bond acceptors (Lipinski definition) is 5. The van der Waals surface area contributed by atoms with Crippen LogP contribution in [-0.4, -0.2) is 35.6 Å². The minimum Gasteiger partial charge on any atom is -0.493 e. The minimum absolute atomic E-state index is 0.161. The van der Waals surface area contributed by atoms with Gasteiger partial charge in [0, 0.05) is 24.4 Å². The number of carbonyl (C=O) groups excluding carboxylic acids is 1. The van der Waals surface area contributed by atoms with E-state index in [0.29, 0.717) is 34.0 Å². The number of anilines is 2. The SMILES string of the molecule is COc1cc2c(cc1OC)N(C)S(=O)(=O)C(C(=O)Nc1c(C)cccc1C(C)C)=C2C. The Bertz CT molecular complexity index is 1180. The number of allylic oxidation sites excluding steroid dienone is 1. The third-order valence-corrected chi connectivity index (χ3v) is 7.50. The van der Waals surface area contributed by atoms with Crippen molar-refractivity contribution in [2.45, 2.75) is 33.6 Å². The molecule has 166 valence electrons. The highest BCUT2D eigenvalue weighted by Crippen LogP contribution is 2.44. The van der Waals surface area contributed by atoms with Crippen molar-refractivity contribution < 1.29 is 22.7 Å². The molecular weight excluding hydrogens is 416 g/mol. The molecule has 31 heavy (non-hydrogen) atoms. The Labute approximate surface area is 183 Å². The predicted molar refractivity (Wildman–Crippen MR) is 123 cm³/mol. The molecule has 0 radical (unpaired) electrons. The summed E-state index contributed by atoms with van der Waals surface area (Å²) in [5.74, 6) is 0.355. The molecular formula is C23H28N2O5S. The molecule has 1 amide bonds. The van der Waals surface area contributed by atoms with Gasteiger partial charge in [-0.05, 0) is 42.5 Å². The van der Waals surface area contributed by atoms with Crippen molar-refractivity contribution in [1.29, 1.82) is 0 Å². The van der Waals surface area contributed by atoms with E-state index in [1.54, 1.807) is 19.1 Å². The van der Waals surface area contributed by atoms with Crippen molar-refractivity contribution in [2.75, 3.05) is 30.9 Å². The van der Waals surface area contributed by atoms with Crippen molar-refractivity contribution in [1.82, 2.24) is 0 Å². The van der Waals surface area contributed by atoms with Gasteiger partial charge in [-0.15, -0.1) is 0 Å². The van der Waals surface area contributed by atoms with Crippen LogP contribution in [0.1, 0.15) is 43.4 Å². The second-order valence-corrected chi connectivity index (χ2v) is 9.71. The maximum Gasteiger partial charge on any atom is 0.269 e. The topological polar surface area (TPSA) is 84.9 Å². The zero-order valence-electron chi connectivity index (χ0n) is 18.9. The van der Waals surface area contributed by atoms with Gasteiger partial charge < -0.3 is 14.8 Å². The molecule has 0 spiro atoms. The molecule has 0 fully saturated rings. The lowest BCUT2D eigenvalue weighted by Gasteiger charge is -2.30. The highest BCUT2D eigenvalue weighted by molar-refractivity contribution is 7.97. The van der Waals surface area contributed by atoms with Crippen LogP contribution < -0.4 is 19.1 Å².